The summed E-state index contributed by atoms with van der Waals surface area (Å²) in [7, 11) is 0. The van der Waals surface area contributed by atoms with Crippen LogP contribution in [0.5, 0.6) is 0 Å². The van der Waals surface area contributed by atoms with E-state index in [9.17, 15) is 9.59 Å². The summed E-state index contributed by atoms with van der Waals surface area (Å²) in [6.07, 6.45) is 0. The van der Waals surface area contributed by atoms with E-state index in [0.29, 0.717) is 57.2 Å². The zero-order chi connectivity index (χ0) is 19.1. The molecule has 1 aromatic carbocycles. The van der Waals surface area contributed by atoms with Crippen molar-refractivity contribution in [3.63, 3.8) is 0 Å². The average Bonchev–Trinajstić information content (AvgIpc) is 2.69. The molecule has 0 bridgehead atoms. The lowest BCUT2D eigenvalue weighted by atomic mass is 10.2. The maximum absolute atomic E-state index is 12.4. The summed E-state index contributed by atoms with van der Waals surface area (Å²) < 4.78 is 5.31. The minimum absolute atomic E-state index is 0.113. The number of nitrogens with zero attached hydrogens (tertiary/aromatic N) is 4. The average molecular weight is 371 g/mol. The number of hydrogen-bond acceptors (Lipinski definition) is 6. The molecule has 0 spiro atoms. The van der Waals surface area contributed by atoms with Gasteiger partial charge in [-0.1, -0.05) is 6.07 Å². The minimum Gasteiger partial charge on any atom is -0.379 e. The number of morpholine rings is 1. The quantitative estimate of drug-likeness (QED) is 0.782. The van der Waals surface area contributed by atoms with E-state index in [1.807, 2.05) is 9.80 Å². The number of nitrogens with one attached hydrogen (secondary N) is 1. The molecule has 27 heavy (non-hydrogen) atoms. The Hall–Kier alpha value is -2.47. The van der Waals surface area contributed by atoms with Crippen molar-refractivity contribution in [2.45, 2.75) is 0 Å². The maximum Gasteiger partial charge on any atom is 0.238 e. The maximum atomic E-state index is 12.4. The van der Waals surface area contributed by atoms with Crippen molar-refractivity contribution in [1.82, 2.24) is 14.7 Å². The summed E-state index contributed by atoms with van der Waals surface area (Å²) in [5, 5.41) is 11.7. The van der Waals surface area contributed by atoms with Crippen LogP contribution in [0.3, 0.4) is 0 Å². The molecule has 0 saturated carbocycles. The van der Waals surface area contributed by atoms with Gasteiger partial charge < -0.3 is 15.0 Å². The number of nitriles is 1. The highest BCUT2D eigenvalue weighted by Gasteiger charge is 2.24. The fourth-order valence-electron chi connectivity index (χ4n) is 3.28. The van der Waals surface area contributed by atoms with Crippen LogP contribution in [-0.2, 0) is 14.3 Å². The molecular weight excluding hydrogens is 346 g/mol. The van der Waals surface area contributed by atoms with Gasteiger partial charge in [0.2, 0.25) is 11.8 Å². The number of benzene rings is 1. The molecule has 8 heteroatoms. The van der Waals surface area contributed by atoms with Crippen molar-refractivity contribution in [3.05, 3.63) is 29.8 Å². The number of piperazine rings is 1. The molecule has 2 heterocycles. The van der Waals surface area contributed by atoms with E-state index < -0.39 is 0 Å². The highest BCUT2D eigenvalue weighted by Crippen LogP contribution is 2.10. The number of carbonyl (C=O) groups excluding carboxylic acids is 2. The van der Waals surface area contributed by atoms with Crippen LogP contribution in [0, 0.1) is 11.3 Å². The van der Waals surface area contributed by atoms with Crippen molar-refractivity contribution in [3.8, 4) is 6.07 Å². The number of hydrogen-bond donors (Lipinski definition) is 1. The second kappa shape index (κ2) is 9.46. The summed E-state index contributed by atoms with van der Waals surface area (Å²) in [4.78, 5) is 30.7. The van der Waals surface area contributed by atoms with Gasteiger partial charge in [0.25, 0.3) is 0 Å². The molecule has 0 aliphatic carbocycles. The Morgan fingerprint density at radius 3 is 2.44 bits per heavy atom. The highest BCUT2D eigenvalue weighted by molar-refractivity contribution is 5.92. The summed E-state index contributed by atoms with van der Waals surface area (Å²) in [5.41, 5.74) is 1.14. The van der Waals surface area contributed by atoms with Crippen LogP contribution in [0.1, 0.15) is 5.56 Å². The van der Waals surface area contributed by atoms with Gasteiger partial charge in [-0.3, -0.25) is 19.4 Å². The fraction of sp³-hybridized carbons (Fsp3) is 0.526. The number of ether oxygens (including phenoxy) is 1. The van der Waals surface area contributed by atoms with E-state index in [-0.39, 0.29) is 18.4 Å². The van der Waals surface area contributed by atoms with Crippen LogP contribution in [-0.4, -0.2) is 92.1 Å². The molecule has 0 radical (unpaired) electrons. The zero-order valence-corrected chi connectivity index (χ0v) is 15.4. The molecule has 2 aliphatic heterocycles. The second-order valence-electron chi connectivity index (χ2n) is 6.79. The van der Waals surface area contributed by atoms with Crippen molar-refractivity contribution < 1.29 is 14.3 Å². The van der Waals surface area contributed by atoms with Gasteiger partial charge in [-0.15, -0.1) is 0 Å². The molecule has 2 saturated heterocycles. The molecule has 2 amide bonds. The fourth-order valence-corrected chi connectivity index (χ4v) is 3.28. The molecule has 2 fully saturated rings. The van der Waals surface area contributed by atoms with Crippen molar-refractivity contribution in [2.75, 3.05) is 70.9 Å². The van der Waals surface area contributed by atoms with Gasteiger partial charge in [-0.25, -0.2) is 0 Å². The summed E-state index contributed by atoms with van der Waals surface area (Å²) in [6.45, 7) is 6.35. The first-order valence-electron chi connectivity index (χ1n) is 9.24. The number of amides is 2. The van der Waals surface area contributed by atoms with Crippen LogP contribution in [0.4, 0.5) is 5.69 Å². The Morgan fingerprint density at radius 1 is 1.04 bits per heavy atom. The first kappa shape index (κ1) is 19.3. The lowest BCUT2D eigenvalue weighted by Crippen LogP contribution is -2.53. The van der Waals surface area contributed by atoms with Crippen LogP contribution < -0.4 is 5.32 Å². The van der Waals surface area contributed by atoms with E-state index in [1.165, 1.54) is 0 Å². The first-order valence-corrected chi connectivity index (χ1v) is 9.24. The third-order valence-corrected chi connectivity index (χ3v) is 4.83. The molecule has 3 rings (SSSR count). The van der Waals surface area contributed by atoms with Crippen LogP contribution >= 0.6 is 0 Å². The third-order valence-electron chi connectivity index (χ3n) is 4.83. The Bertz CT molecular complexity index is 704. The third kappa shape index (κ3) is 5.76. The molecule has 8 nitrogen and oxygen atoms in total. The molecule has 0 aromatic heterocycles. The molecule has 1 N–H and O–H groups in total. The summed E-state index contributed by atoms with van der Waals surface area (Å²) in [6, 6.07) is 8.92. The highest BCUT2D eigenvalue weighted by atomic mass is 16.5. The van der Waals surface area contributed by atoms with E-state index >= 15 is 0 Å². The second-order valence-corrected chi connectivity index (χ2v) is 6.79. The van der Waals surface area contributed by atoms with Gasteiger partial charge in [-0.05, 0) is 18.2 Å². The Morgan fingerprint density at radius 2 is 1.74 bits per heavy atom. The largest absolute Gasteiger partial charge is 0.379 e. The molecule has 0 unspecified atom stereocenters. The first-order chi connectivity index (χ1) is 13.1. The Labute approximate surface area is 159 Å². The standard InChI is InChI=1S/C19H25N5O3/c20-13-16-2-1-3-17(12-16)21-18(25)14-22-4-6-24(7-5-22)19(26)15-23-8-10-27-11-9-23/h1-3,12H,4-11,14-15H2,(H,21,25). The van der Waals surface area contributed by atoms with Crippen molar-refractivity contribution in [1.29, 1.82) is 5.26 Å². The normalized spacial score (nSPS) is 18.7. The van der Waals surface area contributed by atoms with Crippen molar-refractivity contribution >= 4 is 17.5 Å². The van der Waals surface area contributed by atoms with Crippen LogP contribution in [0.2, 0.25) is 0 Å². The molecule has 0 atom stereocenters. The molecular formula is C19H25N5O3. The zero-order valence-electron chi connectivity index (χ0n) is 15.4. The van der Waals surface area contributed by atoms with E-state index in [2.05, 4.69) is 16.3 Å². The summed E-state index contributed by atoms with van der Waals surface area (Å²) in [5.74, 6) is 0.0347. The Balaban J connectivity index is 1.40. The smallest absolute Gasteiger partial charge is 0.238 e. The topological polar surface area (TPSA) is 88.9 Å². The lowest BCUT2D eigenvalue weighted by Gasteiger charge is -2.36. The molecule has 2 aliphatic rings. The van der Waals surface area contributed by atoms with E-state index in [4.69, 9.17) is 10.00 Å². The summed E-state index contributed by atoms with van der Waals surface area (Å²) >= 11 is 0. The van der Waals surface area contributed by atoms with Crippen LogP contribution in [0.25, 0.3) is 0 Å². The van der Waals surface area contributed by atoms with Gasteiger partial charge in [0.05, 0.1) is 37.9 Å². The van der Waals surface area contributed by atoms with Gasteiger partial charge >= 0.3 is 0 Å². The van der Waals surface area contributed by atoms with Gasteiger partial charge in [0.1, 0.15) is 0 Å². The molecule has 144 valence electrons. The predicted molar refractivity (Wildman–Crippen MR) is 100 cm³/mol. The lowest BCUT2D eigenvalue weighted by molar-refractivity contribution is -0.135. The van der Waals surface area contributed by atoms with Crippen molar-refractivity contribution in [2.24, 2.45) is 0 Å². The number of anilines is 1. The van der Waals surface area contributed by atoms with Gasteiger partial charge in [0, 0.05) is 45.0 Å². The monoisotopic (exact) mass is 371 g/mol. The SMILES string of the molecule is N#Cc1cccc(NC(=O)CN2CCN(C(=O)CN3CCOCC3)CC2)c1. The van der Waals surface area contributed by atoms with E-state index in [0.717, 1.165) is 13.1 Å². The Kier molecular flexibility index (Phi) is 6.76. The number of rotatable bonds is 5. The molecule has 1 aromatic rings. The van der Waals surface area contributed by atoms with Gasteiger partial charge in [0.15, 0.2) is 0 Å². The number of carbonyl (C=O) groups is 2. The minimum atomic E-state index is -0.113. The van der Waals surface area contributed by atoms with Gasteiger partial charge in [-0.2, -0.15) is 5.26 Å². The predicted octanol–water partition coefficient (Wildman–Crippen LogP) is -0.0268. The van der Waals surface area contributed by atoms with Crippen LogP contribution in [0.15, 0.2) is 24.3 Å². The van der Waals surface area contributed by atoms with E-state index in [1.54, 1.807) is 24.3 Å².